The summed E-state index contributed by atoms with van der Waals surface area (Å²) >= 11 is 0. The molecule has 1 heteroatoms. The van der Waals surface area contributed by atoms with Crippen LogP contribution in [0.15, 0.2) is 11.8 Å². The average Bonchev–Trinajstić information content (AvgIpc) is 1.87. The van der Waals surface area contributed by atoms with E-state index in [1.807, 2.05) is 0 Å². The number of nitrogens with zero attached hydrogens (tertiary/aromatic N) is 1. The third-order valence-electron chi connectivity index (χ3n) is 1.46. The minimum Gasteiger partial charge on any atom is -0.377 e. The van der Waals surface area contributed by atoms with Crippen LogP contribution in [0.1, 0.15) is 40.5 Å². The van der Waals surface area contributed by atoms with Crippen LogP contribution in [0.3, 0.4) is 0 Å². The Hall–Kier alpha value is -0.460. The number of allylic oxidation sites excluding steroid dienone is 1. The first kappa shape index (κ1) is 10.5. The van der Waals surface area contributed by atoms with E-state index < -0.39 is 0 Å². The molecule has 0 saturated carbocycles. The van der Waals surface area contributed by atoms with Crippen molar-refractivity contribution in [1.82, 2.24) is 4.90 Å². The Morgan fingerprint density at radius 2 is 1.55 bits per heavy atom. The van der Waals surface area contributed by atoms with Gasteiger partial charge in [0, 0.05) is 13.1 Å². The van der Waals surface area contributed by atoms with Crippen LogP contribution in [-0.2, 0) is 0 Å². The zero-order chi connectivity index (χ0) is 8.69. The molecule has 0 rings (SSSR count). The predicted octanol–water partition coefficient (Wildman–Crippen LogP) is 3.03. The Kier molecular flexibility index (Phi) is 6.00. The van der Waals surface area contributed by atoms with Crippen LogP contribution in [0.2, 0.25) is 0 Å². The Labute approximate surface area is 71.1 Å². The summed E-state index contributed by atoms with van der Waals surface area (Å²) in [5, 5.41) is 0. The lowest BCUT2D eigenvalue weighted by Crippen LogP contribution is -2.19. The van der Waals surface area contributed by atoms with Crippen LogP contribution in [0.4, 0.5) is 0 Å². The van der Waals surface area contributed by atoms with Gasteiger partial charge >= 0.3 is 0 Å². The van der Waals surface area contributed by atoms with E-state index in [2.05, 4.69) is 38.8 Å². The van der Waals surface area contributed by atoms with Crippen molar-refractivity contribution >= 4 is 0 Å². The van der Waals surface area contributed by atoms with Crippen LogP contribution in [0, 0.1) is 0 Å². The molecular formula is C10H21N. The highest BCUT2D eigenvalue weighted by atomic mass is 15.1. The van der Waals surface area contributed by atoms with E-state index in [1.165, 1.54) is 31.5 Å². The Morgan fingerprint density at radius 1 is 1.09 bits per heavy atom. The lowest BCUT2D eigenvalue weighted by atomic mass is 10.3. The van der Waals surface area contributed by atoms with Gasteiger partial charge in [-0.25, -0.2) is 0 Å². The zero-order valence-electron chi connectivity index (χ0n) is 8.35. The molecule has 0 aliphatic rings. The lowest BCUT2D eigenvalue weighted by molar-refractivity contribution is 0.373. The number of hydrogen-bond donors (Lipinski definition) is 0. The number of rotatable bonds is 5. The summed E-state index contributed by atoms with van der Waals surface area (Å²) in [5.74, 6) is 0. The minimum atomic E-state index is 1.19. The van der Waals surface area contributed by atoms with Crippen molar-refractivity contribution < 1.29 is 0 Å². The van der Waals surface area contributed by atoms with Gasteiger partial charge in [0.25, 0.3) is 0 Å². The fourth-order valence-electron chi connectivity index (χ4n) is 1.18. The molecule has 0 unspecified atom stereocenters. The molecule has 0 amide bonds. The first-order valence-corrected chi connectivity index (χ1v) is 4.59. The fourth-order valence-corrected chi connectivity index (χ4v) is 1.18. The minimum absolute atomic E-state index is 1.19. The largest absolute Gasteiger partial charge is 0.377 e. The summed E-state index contributed by atoms with van der Waals surface area (Å²) in [7, 11) is 0. The van der Waals surface area contributed by atoms with Gasteiger partial charge in [0.05, 0.1) is 0 Å². The van der Waals surface area contributed by atoms with E-state index in [-0.39, 0.29) is 0 Å². The molecular weight excluding hydrogens is 134 g/mol. The van der Waals surface area contributed by atoms with Gasteiger partial charge in [0.15, 0.2) is 0 Å². The maximum absolute atomic E-state index is 2.40. The summed E-state index contributed by atoms with van der Waals surface area (Å²) < 4.78 is 0. The summed E-state index contributed by atoms with van der Waals surface area (Å²) in [6.07, 6.45) is 4.74. The quantitative estimate of drug-likeness (QED) is 0.590. The lowest BCUT2D eigenvalue weighted by Gasteiger charge is -2.19. The van der Waals surface area contributed by atoms with Crippen molar-refractivity contribution in [1.29, 1.82) is 0 Å². The molecule has 0 aromatic rings. The second-order valence-electron chi connectivity index (χ2n) is 3.24. The van der Waals surface area contributed by atoms with Gasteiger partial charge in [-0.2, -0.15) is 0 Å². The van der Waals surface area contributed by atoms with Gasteiger partial charge in [0.2, 0.25) is 0 Å². The van der Waals surface area contributed by atoms with Gasteiger partial charge in [-0.1, -0.05) is 19.4 Å². The van der Waals surface area contributed by atoms with Gasteiger partial charge in [0.1, 0.15) is 0 Å². The van der Waals surface area contributed by atoms with E-state index in [1.54, 1.807) is 0 Å². The van der Waals surface area contributed by atoms with Crippen LogP contribution in [0.5, 0.6) is 0 Å². The first-order chi connectivity index (χ1) is 5.20. The standard InChI is InChI=1S/C10H21N/c1-5-7-11(8-6-2)9-10(3)4/h9H,5-8H2,1-4H3. The molecule has 0 aliphatic carbocycles. The highest BCUT2D eigenvalue weighted by Crippen LogP contribution is 1.99. The van der Waals surface area contributed by atoms with Crippen molar-refractivity contribution in [2.45, 2.75) is 40.5 Å². The molecule has 0 bridgehead atoms. The van der Waals surface area contributed by atoms with Crippen molar-refractivity contribution in [3.05, 3.63) is 11.8 Å². The normalized spacial score (nSPS) is 9.45. The Bertz CT molecular complexity index is 106. The van der Waals surface area contributed by atoms with Crippen LogP contribution in [0.25, 0.3) is 0 Å². The van der Waals surface area contributed by atoms with Crippen molar-refractivity contribution in [2.75, 3.05) is 13.1 Å². The SMILES string of the molecule is CCCN(C=C(C)C)CCC. The van der Waals surface area contributed by atoms with Gasteiger partial charge < -0.3 is 4.90 Å². The smallest absolute Gasteiger partial charge is 0.0169 e. The number of hydrogen-bond acceptors (Lipinski definition) is 1. The van der Waals surface area contributed by atoms with E-state index >= 15 is 0 Å². The van der Waals surface area contributed by atoms with Gasteiger partial charge in [-0.15, -0.1) is 0 Å². The zero-order valence-corrected chi connectivity index (χ0v) is 8.35. The highest BCUT2D eigenvalue weighted by Gasteiger charge is 1.94. The van der Waals surface area contributed by atoms with Crippen molar-refractivity contribution in [3.63, 3.8) is 0 Å². The summed E-state index contributed by atoms with van der Waals surface area (Å²) in [5.41, 5.74) is 1.40. The fraction of sp³-hybridized carbons (Fsp3) is 0.800. The van der Waals surface area contributed by atoms with E-state index in [0.717, 1.165) is 0 Å². The maximum Gasteiger partial charge on any atom is 0.0169 e. The van der Waals surface area contributed by atoms with Crippen molar-refractivity contribution in [3.8, 4) is 0 Å². The Balaban J connectivity index is 3.78. The topological polar surface area (TPSA) is 3.24 Å². The molecule has 1 nitrogen and oxygen atoms in total. The molecule has 0 aliphatic heterocycles. The van der Waals surface area contributed by atoms with Crippen LogP contribution < -0.4 is 0 Å². The molecule has 0 radical (unpaired) electrons. The third kappa shape index (κ3) is 5.96. The average molecular weight is 155 g/mol. The van der Waals surface area contributed by atoms with Gasteiger partial charge in [-0.3, -0.25) is 0 Å². The molecule has 0 N–H and O–H groups in total. The predicted molar refractivity (Wildman–Crippen MR) is 51.6 cm³/mol. The second-order valence-corrected chi connectivity index (χ2v) is 3.24. The Morgan fingerprint density at radius 3 is 1.82 bits per heavy atom. The molecule has 0 spiro atoms. The van der Waals surface area contributed by atoms with E-state index in [4.69, 9.17) is 0 Å². The monoisotopic (exact) mass is 155 g/mol. The van der Waals surface area contributed by atoms with Crippen LogP contribution >= 0.6 is 0 Å². The molecule has 0 atom stereocenters. The second kappa shape index (κ2) is 6.26. The van der Waals surface area contributed by atoms with Crippen molar-refractivity contribution in [2.24, 2.45) is 0 Å². The van der Waals surface area contributed by atoms with Gasteiger partial charge in [-0.05, 0) is 32.9 Å². The summed E-state index contributed by atoms with van der Waals surface area (Å²) in [4.78, 5) is 2.40. The first-order valence-electron chi connectivity index (χ1n) is 4.59. The molecule has 11 heavy (non-hydrogen) atoms. The third-order valence-corrected chi connectivity index (χ3v) is 1.46. The summed E-state index contributed by atoms with van der Waals surface area (Å²) in [6.45, 7) is 11.1. The van der Waals surface area contributed by atoms with E-state index in [9.17, 15) is 0 Å². The highest BCUT2D eigenvalue weighted by molar-refractivity contribution is 4.92. The molecule has 0 heterocycles. The molecule has 0 saturated heterocycles. The maximum atomic E-state index is 2.40. The van der Waals surface area contributed by atoms with E-state index in [0.29, 0.717) is 0 Å². The molecule has 0 aromatic heterocycles. The molecule has 0 fully saturated rings. The molecule has 66 valence electrons. The van der Waals surface area contributed by atoms with Crippen LogP contribution in [-0.4, -0.2) is 18.0 Å². The molecule has 0 aromatic carbocycles. The summed E-state index contributed by atoms with van der Waals surface area (Å²) in [6, 6.07) is 0.